The largest absolute Gasteiger partial charge is 0.485 e. The van der Waals surface area contributed by atoms with Gasteiger partial charge in [0.25, 0.3) is 5.91 Å². The van der Waals surface area contributed by atoms with Crippen LogP contribution in [0.3, 0.4) is 0 Å². The van der Waals surface area contributed by atoms with Crippen LogP contribution in [0.1, 0.15) is 5.56 Å². The SMILES string of the molecule is CSc1ccc2nc(N(Cc3cccnc3)C(=O)C3COc4ccccc4O3)sc2c1. The van der Waals surface area contributed by atoms with E-state index in [9.17, 15) is 4.79 Å². The minimum atomic E-state index is -0.750. The minimum absolute atomic E-state index is 0.154. The highest BCUT2D eigenvalue weighted by molar-refractivity contribution is 7.98. The molecule has 0 aliphatic carbocycles. The molecule has 0 spiro atoms. The smallest absolute Gasteiger partial charge is 0.273 e. The Hall–Kier alpha value is -3.10. The van der Waals surface area contributed by atoms with Crippen LogP contribution < -0.4 is 14.4 Å². The van der Waals surface area contributed by atoms with E-state index in [-0.39, 0.29) is 12.5 Å². The van der Waals surface area contributed by atoms with Crippen LogP contribution in [0.2, 0.25) is 0 Å². The number of hydrogen-bond donors (Lipinski definition) is 0. The summed E-state index contributed by atoms with van der Waals surface area (Å²) in [4.78, 5) is 25.3. The van der Waals surface area contributed by atoms with Crippen molar-refractivity contribution in [2.75, 3.05) is 17.8 Å². The number of para-hydroxylation sites is 2. The fraction of sp³-hybridized carbons (Fsp3) is 0.174. The number of pyridine rings is 1. The van der Waals surface area contributed by atoms with Crippen LogP contribution in [0, 0.1) is 0 Å². The maximum Gasteiger partial charge on any atom is 0.273 e. The molecule has 3 heterocycles. The van der Waals surface area contributed by atoms with Crippen LogP contribution in [0.5, 0.6) is 11.5 Å². The van der Waals surface area contributed by atoms with E-state index in [2.05, 4.69) is 11.1 Å². The van der Waals surface area contributed by atoms with Crippen molar-refractivity contribution in [3.8, 4) is 11.5 Å². The summed E-state index contributed by atoms with van der Waals surface area (Å²) in [6, 6.07) is 17.3. The molecule has 4 aromatic rings. The molecule has 1 unspecified atom stereocenters. The zero-order valence-corrected chi connectivity index (χ0v) is 18.4. The molecule has 156 valence electrons. The molecule has 6 nitrogen and oxygen atoms in total. The van der Waals surface area contributed by atoms with Gasteiger partial charge in [-0.2, -0.15) is 0 Å². The van der Waals surface area contributed by atoms with Gasteiger partial charge in [0.15, 0.2) is 16.6 Å². The third-order valence-electron chi connectivity index (χ3n) is 4.93. The summed E-state index contributed by atoms with van der Waals surface area (Å²) in [6.07, 6.45) is 4.76. The summed E-state index contributed by atoms with van der Waals surface area (Å²) in [5.41, 5.74) is 1.78. The van der Waals surface area contributed by atoms with Crippen molar-refractivity contribution in [3.05, 3.63) is 72.6 Å². The van der Waals surface area contributed by atoms with Gasteiger partial charge in [-0.25, -0.2) is 4.98 Å². The van der Waals surface area contributed by atoms with E-state index in [1.807, 2.05) is 54.8 Å². The third kappa shape index (κ3) is 4.08. The number of amides is 1. The molecule has 0 saturated heterocycles. The maximum atomic E-state index is 13.6. The monoisotopic (exact) mass is 449 g/mol. The Balaban J connectivity index is 1.49. The van der Waals surface area contributed by atoms with E-state index in [1.165, 1.54) is 11.3 Å². The molecule has 0 radical (unpaired) electrons. The molecule has 1 aliphatic rings. The lowest BCUT2D eigenvalue weighted by atomic mass is 10.2. The fourth-order valence-electron chi connectivity index (χ4n) is 3.36. The second-order valence-corrected chi connectivity index (χ2v) is 8.87. The fourth-order valence-corrected chi connectivity index (χ4v) is 4.89. The number of ether oxygens (including phenoxy) is 2. The van der Waals surface area contributed by atoms with E-state index >= 15 is 0 Å². The molecule has 2 aromatic carbocycles. The Morgan fingerprint density at radius 1 is 1.19 bits per heavy atom. The summed E-state index contributed by atoms with van der Waals surface area (Å²) in [7, 11) is 0. The first-order valence-corrected chi connectivity index (χ1v) is 11.8. The van der Waals surface area contributed by atoms with Crippen molar-refractivity contribution in [3.63, 3.8) is 0 Å². The number of nitrogens with zero attached hydrogens (tertiary/aromatic N) is 3. The number of rotatable bonds is 5. The molecule has 2 aromatic heterocycles. The molecular weight excluding hydrogens is 430 g/mol. The predicted octanol–water partition coefficient (Wildman–Crippen LogP) is 4.79. The topological polar surface area (TPSA) is 64.6 Å². The normalized spacial score (nSPS) is 15.1. The quantitative estimate of drug-likeness (QED) is 0.408. The van der Waals surface area contributed by atoms with Crippen molar-refractivity contribution in [1.29, 1.82) is 0 Å². The van der Waals surface area contributed by atoms with Crippen LogP contribution >= 0.6 is 23.1 Å². The highest BCUT2D eigenvalue weighted by atomic mass is 32.2. The van der Waals surface area contributed by atoms with E-state index in [4.69, 9.17) is 14.5 Å². The average Bonchev–Trinajstić information content (AvgIpc) is 3.25. The Labute approximate surface area is 187 Å². The van der Waals surface area contributed by atoms with Gasteiger partial charge in [0.2, 0.25) is 6.10 Å². The number of thiazole rings is 1. The van der Waals surface area contributed by atoms with E-state index in [1.54, 1.807) is 29.1 Å². The number of benzene rings is 2. The number of hydrogen-bond acceptors (Lipinski definition) is 7. The van der Waals surface area contributed by atoms with Gasteiger partial charge < -0.3 is 9.47 Å². The van der Waals surface area contributed by atoms with Crippen molar-refractivity contribution in [2.45, 2.75) is 17.5 Å². The van der Waals surface area contributed by atoms with Gasteiger partial charge in [0, 0.05) is 17.3 Å². The predicted molar refractivity (Wildman–Crippen MR) is 123 cm³/mol. The molecule has 0 fully saturated rings. The average molecular weight is 450 g/mol. The number of fused-ring (bicyclic) bond motifs is 2. The zero-order valence-electron chi connectivity index (χ0n) is 16.7. The lowest BCUT2D eigenvalue weighted by molar-refractivity contribution is -0.127. The Kier molecular flexibility index (Phi) is 5.48. The van der Waals surface area contributed by atoms with E-state index in [0.717, 1.165) is 20.7 Å². The molecule has 31 heavy (non-hydrogen) atoms. The third-order valence-corrected chi connectivity index (χ3v) is 6.70. The first kappa shape index (κ1) is 19.8. The second-order valence-electron chi connectivity index (χ2n) is 6.98. The zero-order chi connectivity index (χ0) is 21.2. The summed E-state index contributed by atoms with van der Waals surface area (Å²) in [5, 5.41) is 0.629. The summed E-state index contributed by atoms with van der Waals surface area (Å²) in [6.45, 7) is 0.504. The van der Waals surface area contributed by atoms with Crippen LogP contribution in [-0.2, 0) is 11.3 Å². The molecule has 8 heteroatoms. The van der Waals surface area contributed by atoms with Gasteiger partial charge in [0.1, 0.15) is 6.61 Å². The highest BCUT2D eigenvalue weighted by Gasteiger charge is 2.33. The second kappa shape index (κ2) is 8.56. The Morgan fingerprint density at radius 2 is 2.06 bits per heavy atom. The van der Waals surface area contributed by atoms with Gasteiger partial charge in [0.05, 0.1) is 16.8 Å². The maximum absolute atomic E-state index is 13.6. The number of thioether (sulfide) groups is 1. The molecule has 1 amide bonds. The van der Waals surface area contributed by atoms with Gasteiger partial charge in [-0.3, -0.25) is 14.7 Å². The summed E-state index contributed by atoms with van der Waals surface area (Å²) in [5.74, 6) is 1.03. The first-order chi connectivity index (χ1) is 15.2. The molecule has 0 N–H and O–H groups in total. The minimum Gasteiger partial charge on any atom is -0.485 e. The van der Waals surface area contributed by atoms with Crippen molar-refractivity contribution >= 4 is 44.4 Å². The van der Waals surface area contributed by atoms with Gasteiger partial charge in [-0.15, -0.1) is 11.8 Å². The standard InChI is InChI=1S/C23H19N3O3S2/c1-30-16-8-9-17-21(11-16)31-23(25-17)26(13-15-5-4-10-24-12-15)22(27)20-14-28-18-6-2-3-7-19(18)29-20/h2-12,20H,13-14H2,1H3. The summed E-state index contributed by atoms with van der Waals surface area (Å²) >= 11 is 3.18. The number of carbonyl (C=O) groups excluding carboxylic acids is 1. The van der Waals surface area contributed by atoms with Crippen molar-refractivity contribution in [1.82, 2.24) is 9.97 Å². The lowest BCUT2D eigenvalue weighted by Crippen LogP contribution is -2.46. The van der Waals surface area contributed by atoms with Crippen LogP contribution in [-0.4, -0.2) is 34.8 Å². The van der Waals surface area contributed by atoms with Gasteiger partial charge >= 0.3 is 0 Å². The molecule has 1 aliphatic heterocycles. The number of carbonyl (C=O) groups is 1. The van der Waals surface area contributed by atoms with Crippen molar-refractivity contribution in [2.24, 2.45) is 0 Å². The molecule has 0 saturated carbocycles. The molecular formula is C23H19N3O3S2. The van der Waals surface area contributed by atoms with Crippen LogP contribution in [0.15, 0.2) is 71.9 Å². The Morgan fingerprint density at radius 3 is 2.87 bits per heavy atom. The number of anilines is 1. The molecule has 0 bridgehead atoms. The van der Waals surface area contributed by atoms with Crippen molar-refractivity contribution < 1.29 is 14.3 Å². The van der Waals surface area contributed by atoms with Gasteiger partial charge in [-0.1, -0.05) is 29.5 Å². The Bertz CT molecular complexity index is 1230. The molecule has 1 atom stereocenters. The van der Waals surface area contributed by atoms with E-state index in [0.29, 0.717) is 23.2 Å². The highest BCUT2D eigenvalue weighted by Crippen LogP contribution is 2.35. The molecule has 5 rings (SSSR count). The first-order valence-electron chi connectivity index (χ1n) is 9.74. The van der Waals surface area contributed by atoms with E-state index < -0.39 is 6.10 Å². The van der Waals surface area contributed by atoms with Gasteiger partial charge in [-0.05, 0) is 48.2 Å². The van der Waals surface area contributed by atoms with Crippen LogP contribution in [0.4, 0.5) is 5.13 Å². The lowest BCUT2D eigenvalue weighted by Gasteiger charge is -2.29. The van der Waals surface area contributed by atoms with Crippen LogP contribution in [0.25, 0.3) is 10.2 Å². The number of aromatic nitrogens is 2. The summed E-state index contributed by atoms with van der Waals surface area (Å²) < 4.78 is 12.8.